The summed E-state index contributed by atoms with van der Waals surface area (Å²) in [7, 11) is 0. The van der Waals surface area contributed by atoms with Crippen LogP contribution >= 0.6 is 0 Å². The van der Waals surface area contributed by atoms with Crippen molar-refractivity contribution < 1.29 is 14.4 Å². The number of carbonyl (C=O) groups is 3. The van der Waals surface area contributed by atoms with Gasteiger partial charge in [-0.05, 0) is 65.1 Å². The zero-order valence-electron chi connectivity index (χ0n) is 25.2. The molecule has 0 bridgehead atoms. The number of rotatable bonds is 8. The molecule has 44 heavy (non-hydrogen) atoms. The van der Waals surface area contributed by atoms with Gasteiger partial charge in [-0.1, -0.05) is 20.8 Å². The number of benzene rings is 1. The highest BCUT2D eigenvalue weighted by Crippen LogP contribution is 2.52. The summed E-state index contributed by atoms with van der Waals surface area (Å²) in [6.07, 6.45) is 9.64. The van der Waals surface area contributed by atoms with Crippen LogP contribution in [0.4, 0.5) is 0 Å². The Kier molecular flexibility index (Phi) is 7.54. The zero-order valence-corrected chi connectivity index (χ0v) is 25.2. The van der Waals surface area contributed by atoms with Gasteiger partial charge in [0.05, 0.1) is 11.6 Å². The maximum Gasteiger partial charge on any atom is 0.254 e. The molecule has 3 aliphatic rings. The average Bonchev–Trinajstić information content (AvgIpc) is 3.33. The molecule has 224 valence electrons. The van der Waals surface area contributed by atoms with Crippen molar-refractivity contribution in [1.82, 2.24) is 25.1 Å². The molecule has 6 rings (SSSR count). The molecule has 1 aliphatic carbocycles. The molecule has 1 N–H and O–H groups in total. The lowest BCUT2D eigenvalue weighted by Gasteiger charge is -2.29. The molecule has 2 aliphatic heterocycles. The van der Waals surface area contributed by atoms with E-state index in [4.69, 9.17) is 0 Å². The number of aromatic nitrogens is 2. The molecular weight excluding hydrogens is 552 g/mol. The summed E-state index contributed by atoms with van der Waals surface area (Å²) in [6, 6.07) is 16.1. The van der Waals surface area contributed by atoms with E-state index < -0.39 is 5.54 Å². The predicted octanol–water partition coefficient (Wildman–Crippen LogP) is 3.92. The first-order chi connectivity index (χ1) is 21.1. The van der Waals surface area contributed by atoms with Crippen molar-refractivity contribution in [3.05, 3.63) is 107 Å². The summed E-state index contributed by atoms with van der Waals surface area (Å²) >= 11 is 0. The molecule has 3 fully saturated rings. The number of pyridine rings is 2. The third kappa shape index (κ3) is 5.85. The Bertz CT molecular complexity index is 1590. The Morgan fingerprint density at radius 2 is 1.50 bits per heavy atom. The second kappa shape index (κ2) is 11.3. The first-order valence-electron chi connectivity index (χ1n) is 15.0. The summed E-state index contributed by atoms with van der Waals surface area (Å²) in [4.78, 5) is 53.3. The standard InChI is InChI=1S/C35H36N6O3/c1-34(2,3)19-31(43)40-21-27-28(22-40)32(27)41-30(16-29(42)26-6-4-25(20-36)5-7-26)39-35(33(41)44,17-23-8-12-37-13-9-23)18-24-10-14-38-15-11-24/h4-16,27-28,32,39H,17-19,21-22H2,1-3H3/b30-16+/t27-,28+,32+. The molecule has 2 saturated heterocycles. The quantitative estimate of drug-likeness (QED) is 0.313. The lowest BCUT2D eigenvalue weighted by Crippen LogP contribution is -2.51. The molecule has 4 heterocycles. The van der Waals surface area contributed by atoms with E-state index >= 15 is 0 Å². The highest BCUT2D eigenvalue weighted by atomic mass is 16.2. The first-order valence-corrected chi connectivity index (χ1v) is 15.0. The van der Waals surface area contributed by atoms with Gasteiger partial charge in [-0.3, -0.25) is 29.3 Å². The van der Waals surface area contributed by atoms with Gasteiger partial charge in [0.1, 0.15) is 11.4 Å². The molecule has 3 aromatic rings. The Balaban J connectivity index is 1.34. The smallest absolute Gasteiger partial charge is 0.254 e. The number of hydrogen-bond donors (Lipinski definition) is 1. The molecule has 1 aromatic carbocycles. The van der Waals surface area contributed by atoms with Crippen LogP contribution in [0.5, 0.6) is 0 Å². The molecule has 0 unspecified atom stereocenters. The van der Waals surface area contributed by atoms with E-state index in [-0.39, 0.29) is 40.9 Å². The number of amides is 2. The van der Waals surface area contributed by atoms with Gasteiger partial charge in [-0.15, -0.1) is 0 Å². The molecule has 9 heteroatoms. The predicted molar refractivity (Wildman–Crippen MR) is 164 cm³/mol. The van der Waals surface area contributed by atoms with Gasteiger partial charge >= 0.3 is 0 Å². The van der Waals surface area contributed by atoms with Crippen LogP contribution in [0, 0.1) is 28.6 Å². The van der Waals surface area contributed by atoms with Crippen LogP contribution in [0.15, 0.2) is 85.2 Å². The number of carbonyl (C=O) groups excluding carboxylic acids is 3. The summed E-state index contributed by atoms with van der Waals surface area (Å²) < 4.78 is 0. The van der Waals surface area contributed by atoms with Crippen LogP contribution in [0.2, 0.25) is 0 Å². The van der Waals surface area contributed by atoms with Crippen LogP contribution in [-0.4, -0.2) is 62.0 Å². The number of nitrogens with zero attached hydrogens (tertiary/aromatic N) is 5. The van der Waals surface area contributed by atoms with Gasteiger partial charge in [0.25, 0.3) is 5.91 Å². The Hall–Kier alpha value is -4.84. The molecule has 9 nitrogen and oxygen atoms in total. The monoisotopic (exact) mass is 588 g/mol. The van der Waals surface area contributed by atoms with Gasteiger partial charge in [0.2, 0.25) is 5.91 Å². The van der Waals surface area contributed by atoms with Gasteiger partial charge in [-0.2, -0.15) is 5.26 Å². The van der Waals surface area contributed by atoms with Crippen LogP contribution in [0.1, 0.15) is 54.2 Å². The SMILES string of the molecule is CC(C)(C)CC(=O)N1C[C@@H]2[C@H](C1)[C@H]2N1C(=O)C(Cc2ccncc2)(Cc2ccncc2)N/C1=C\C(=O)c1ccc(C#N)cc1. The van der Waals surface area contributed by atoms with E-state index in [0.717, 1.165) is 11.1 Å². The summed E-state index contributed by atoms with van der Waals surface area (Å²) in [5, 5.41) is 12.7. The average molecular weight is 589 g/mol. The lowest BCUT2D eigenvalue weighted by molar-refractivity contribution is -0.133. The Morgan fingerprint density at radius 3 is 2.00 bits per heavy atom. The number of ketones is 1. The second-order valence-corrected chi connectivity index (χ2v) is 13.4. The first kappa shape index (κ1) is 29.2. The Labute approximate surface area is 257 Å². The number of hydrogen-bond acceptors (Lipinski definition) is 7. The minimum absolute atomic E-state index is 0.0861. The second-order valence-electron chi connectivity index (χ2n) is 13.4. The van der Waals surface area contributed by atoms with E-state index in [9.17, 15) is 19.6 Å². The van der Waals surface area contributed by atoms with E-state index in [1.54, 1.807) is 54.0 Å². The maximum absolute atomic E-state index is 14.7. The fourth-order valence-electron chi connectivity index (χ4n) is 6.66. The lowest BCUT2D eigenvalue weighted by atomic mass is 9.85. The fraction of sp³-hybridized carbons (Fsp3) is 0.371. The molecule has 2 aromatic heterocycles. The van der Waals surface area contributed by atoms with Crippen molar-refractivity contribution >= 4 is 17.6 Å². The molecular formula is C35H36N6O3. The Morgan fingerprint density at radius 1 is 0.955 bits per heavy atom. The number of nitriles is 1. The molecule has 3 atom stereocenters. The minimum Gasteiger partial charge on any atom is -0.357 e. The van der Waals surface area contributed by atoms with Crippen molar-refractivity contribution in [3.8, 4) is 6.07 Å². The summed E-state index contributed by atoms with van der Waals surface area (Å²) in [6.45, 7) is 7.39. The number of allylic oxidation sites excluding steroid dienone is 1. The molecule has 1 saturated carbocycles. The van der Waals surface area contributed by atoms with Crippen LogP contribution in [0.25, 0.3) is 0 Å². The van der Waals surface area contributed by atoms with Crippen molar-refractivity contribution in [1.29, 1.82) is 5.26 Å². The van der Waals surface area contributed by atoms with E-state index in [1.165, 1.54) is 6.08 Å². The largest absolute Gasteiger partial charge is 0.357 e. The molecule has 2 amide bonds. The number of piperidine rings is 1. The van der Waals surface area contributed by atoms with E-state index in [0.29, 0.717) is 49.3 Å². The van der Waals surface area contributed by atoms with Crippen molar-refractivity contribution in [2.45, 2.75) is 51.6 Å². The van der Waals surface area contributed by atoms with Crippen LogP contribution in [-0.2, 0) is 22.4 Å². The van der Waals surface area contributed by atoms with E-state index in [1.807, 2.05) is 29.2 Å². The van der Waals surface area contributed by atoms with Crippen LogP contribution in [0.3, 0.4) is 0 Å². The normalized spacial score (nSPS) is 22.8. The van der Waals surface area contributed by atoms with Crippen molar-refractivity contribution in [2.24, 2.45) is 17.3 Å². The van der Waals surface area contributed by atoms with Crippen molar-refractivity contribution in [2.75, 3.05) is 13.1 Å². The summed E-state index contributed by atoms with van der Waals surface area (Å²) in [5.41, 5.74) is 1.66. The third-order valence-corrected chi connectivity index (χ3v) is 8.81. The van der Waals surface area contributed by atoms with Gasteiger partial charge in [0, 0.05) is 86.7 Å². The topological polar surface area (TPSA) is 119 Å². The van der Waals surface area contributed by atoms with Gasteiger partial charge < -0.3 is 10.2 Å². The maximum atomic E-state index is 14.7. The highest BCUT2D eigenvalue weighted by molar-refractivity contribution is 6.06. The van der Waals surface area contributed by atoms with Crippen LogP contribution < -0.4 is 5.32 Å². The number of nitrogens with one attached hydrogen (secondary N) is 1. The van der Waals surface area contributed by atoms with Gasteiger partial charge in [-0.25, -0.2) is 0 Å². The van der Waals surface area contributed by atoms with Crippen molar-refractivity contribution in [3.63, 3.8) is 0 Å². The highest BCUT2D eigenvalue weighted by Gasteiger charge is 2.65. The summed E-state index contributed by atoms with van der Waals surface area (Å²) in [5.74, 6) is 0.569. The van der Waals surface area contributed by atoms with E-state index in [2.05, 4.69) is 42.1 Å². The zero-order chi connectivity index (χ0) is 31.1. The fourth-order valence-corrected chi connectivity index (χ4v) is 6.66. The molecule has 0 radical (unpaired) electrons. The number of fused-ring (bicyclic) bond motifs is 1. The van der Waals surface area contributed by atoms with Gasteiger partial charge in [0.15, 0.2) is 5.78 Å². The third-order valence-electron chi connectivity index (χ3n) is 8.81. The molecule has 0 spiro atoms. The number of likely N-dealkylation sites (tertiary alicyclic amines) is 1. The minimum atomic E-state index is -1.04.